The van der Waals surface area contributed by atoms with E-state index in [1.165, 1.54) is 21.8 Å². The van der Waals surface area contributed by atoms with Gasteiger partial charge in [-0.15, -0.1) is 0 Å². The van der Waals surface area contributed by atoms with Crippen LogP contribution in [0.3, 0.4) is 0 Å². The Balaban J connectivity index is 1.80. The van der Waals surface area contributed by atoms with Gasteiger partial charge in [0.15, 0.2) is 0 Å². The highest BCUT2D eigenvalue weighted by atomic mass is 35.5. The molecular weight excluding hydrogens is 352 g/mol. The van der Waals surface area contributed by atoms with Gasteiger partial charge in [0.05, 0.1) is 21.7 Å². The predicted octanol–water partition coefficient (Wildman–Crippen LogP) is 6.69. The van der Waals surface area contributed by atoms with Crippen LogP contribution in [0.15, 0.2) is 91.0 Å². The molecule has 0 atom stereocenters. The number of nitrogens with zero attached hydrogens (tertiary/aromatic N) is 1. The first-order valence-corrected chi connectivity index (χ1v) is 9.25. The van der Waals surface area contributed by atoms with E-state index in [9.17, 15) is 0 Å². The summed E-state index contributed by atoms with van der Waals surface area (Å²) in [7, 11) is 0. The second-order valence-corrected chi connectivity index (χ2v) is 7.03. The van der Waals surface area contributed by atoms with Gasteiger partial charge in [0, 0.05) is 22.0 Å². The number of nitrogens with two attached hydrogens (primary N) is 1. The van der Waals surface area contributed by atoms with Gasteiger partial charge in [0.2, 0.25) is 0 Å². The molecule has 2 nitrogen and oxygen atoms in total. The van der Waals surface area contributed by atoms with E-state index in [2.05, 4.69) is 77.4 Å². The van der Waals surface area contributed by atoms with Gasteiger partial charge in [0.1, 0.15) is 0 Å². The Morgan fingerprint density at radius 1 is 0.667 bits per heavy atom. The number of halogens is 1. The third-order valence-corrected chi connectivity index (χ3v) is 5.38. The number of hydrogen-bond acceptors (Lipinski definition) is 1. The molecule has 5 rings (SSSR count). The first-order chi connectivity index (χ1) is 13.2. The first kappa shape index (κ1) is 16.0. The van der Waals surface area contributed by atoms with Gasteiger partial charge in [-0.05, 0) is 35.9 Å². The van der Waals surface area contributed by atoms with E-state index < -0.39 is 0 Å². The Bertz CT molecular complexity index is 1250. The molecule has 0 saturated heterocycles. The molecule has 0 fully saturated rings. The summed E-state index contributed by atoms with van der Waals surface area (Å²) < 4.78 is 2.30. The van der Waals surface area contributed by atoms with Crippen molar-refractivity contribution in [3.05, 3.63) is 96.0 Å². The fraction of sp³-hybridized carbons (Fsp3) is 0. The lowest BCUT2D eigenvalue weighted by Gasteiger charge is -2.12. The first-order valence-electron chi connectivity index (χ1n) is 8.87. The molecular formula is C24H17ClN2. The van der Waals surface area contributed by atoms with Gasteiger partial charge in [-0.1, -0.05) is 72.3 Å². The highest BCUT2D eigenvalue weighted by Crippen LogP contribution is 2.35. The number of hydrogen-bond donors (Lipinski definition) is 1. The number of aromatic nitrogens is 1. The zero-order valence-electron chi connectivity index (χ0n) is 14.6. The summed E-state index contributed by atoms with van der Waals surface area (Å²) in [5.74, 6) is 0. The normalized spacial score (nSPS) is 11.3. The Labute approximate surface area is 162 Å². The van der Waals surface area contributed by atoms with Crippen LogP contribution < -0.4 is 5.73 Å². The molecule has 27 heavy (non-hydrogen) atoms. The lowest BCUT2D eigenvalue weighted by atomic mass is 10.0. The number of nitrogen functional groups attached to an aromatic ring is 1. The topological polar surface area (TPSA) is 30.9 Å². The molecule has 0 aliphatic rings. The highest BCUT2D eigenvalue weighted by Gasteiger charge is 2.12. The molecule has 5 aromatic rings. The van der Waals surface area contributed by atoms with E-state index >= 15 is 0 Å². The number of benzene rings is 4. The summed E-state index contributed by atoms with van der Waals surface area (Å²) in [6.45, 7) is 0. The van der Waals surface area contributed by atoms with Crippen molar-refractivity contribution in [2.75, 3.05) is 5.73 Å². The Kier molecular flexibility index (Phi) is 3.66. The SMILES string of the molecule is Nc1c(Cl)cccc1-c1cccc(-n2c3ccccc3c3ccccc32)c1. The second-order valence-electron chi connectivity index (χ2n) is 6.62. The van der Waals surface area contributed by atoms with Crippen LogP contribution in [-0.4, -0.2) is 4.57 Å². The molecule has 130 valence electrons. The second kappa shape index (κ2) is 6.19. The molecule has 0 spiro atoms. The van der Waals surface area contributed by atoms with Crippen molar-refractivity contribution in [1.29, 1.82) is 0 Å². The van der Waals surface area contributed by atoms with Crippen molar-refractivity contribution in [2.45, 2.75) is 0 Å². The van der Waals surface area contributed by atoms with Gasteiger partial charge in [-0.2, -0.15) is 0 Å². The highest BCUT2D eigenvalue weighted by molar-refractivity contribution is 6.33. The van der Waals surface area contributed by atoms with Gasteiger partial charge in [-0.3, -0.25) is 0 Å². The molecule has 0 aliphatic carbocycles. The van der Waals surface area contributed by atoms with Crippen molar-refractivity contribution in [3.8, 4) is 16.8 Å². The number of anilines is 1. The molecule has 1 heterocycles. The molecule has 4 aromatic carbocycles. The van der Waals surface area contributed by atoms with Gasteiger partial charge >= 0.3 is 0 Å². The van der Waals surface area contributed by atoms with Gasteiger partial charge in [-0.25, -0.2) is 0 Å². The summed E-state index contributed by atoms with van der Waals surface area (Å²) in [6.07, 6.45) is 0. The Morgan fingerprint density at radius 2 is 1.30 bits per heavy atom. The fourth-order valence-electron chi connectivity index (χ4n) is 3.80. The quantitative estimate of drug-likeness (QED) is 0.346. The van der Waals surface area contributed by atoms with Crippen molar-refractivity contribution >= 4 is 39.1 Å². The Morgan fingerprint density at radius 3 is 2.00 bits per heavy atom. The van der Waals surface area contributed by atoms with Gasteiger partial charge < -0.3 is 10.3 Å². The van der Waals surface area contributed by atoms with Crippen molar-refractivity contribution in [1.82, 2.24) is 4.57 Å². The zero-order valence-corrected chi connectivity index (χ0v) is 15.3. The standard InChI is InChI=1S/C24H17ClN2/c25-21-12-6-11-18(24(21)26)16-7-5-8-17(15-16)27-22-13-3-1-9-19(22)20-10-2-4-14-23(20)27/h1-15H,26H2. The van der Waals surface area contributed by atoms with E-state index in [1.807, 2.05) is 18.2 Å². The smallest absolute Gasteiger partial charge is 0.0641 e. The minimum atomic E-state index is 0.578. The monoisotopic (exact) mass is 368 g/mol. The Hall–Kier alpha value is -3.23. The van der Waals surface area contributed by atoms with E-state index in [0.717, 1.165) is 16.8 Å². The van der Waals surface area contributed by atoms with Crippen LogP contribution >= 0.6 is 11.6 Å². The molecule has 1 aromatic heterocycles. The minimum absolute atomic E-state index is 0.578. The summed E-state index contributed by atoms with van der Waals surface area (Å²) in [6, 6.07) is 31.2. The van der Waals surface area contributed by atoms with Crippen LogP contribution in [0.2, 0.25) is 5.02 Å². The minimum Gasteiger partial charge on any atom is -0.397 e. The average Bonchev–Trinajstić information content (AvgIpc) is 3.05. The van der Waals surface area contributed by atoms with Crippen LogP contribution in [0.1, 0.15) is 0 Å². The van der Waals surface area contributed by atoms with Crippen LogP contribution in [0.4, 0.5) is 5.69 Å². The lowest BCUT2D eigenvalue weighted by molar-refractivity contribution is 1.18. The number of rotatable bonds is 2. The molecule has 0 radical (unpaired) electrons. The summed E-state index contributed by atoms with van der Waals surface area (Å²) in [4.78, 5) is 0. The molecule has 0 unspecified atom stereocenters. The molecule has 0 aliphatic heterocycles. The lowest BCUT2D eigenvalue weighted by Crippen LogP contribution is -1.95. The average molecular weight is 369 g/mol. The van der Waals surface area contributed by atoms with Crippen LogP contribution in [0.5, 0.6) is 0 Å². The molecule has 0 saturated carbocycles. The summed E-state index contributed by atoms with van der Waals surface area (Å²) >= 11 is 6.23. The molecule has 0 amide bonds. The van der Waals surface area contributed by atoms with Crippen molar-refractivity contribution in [3.63, 3.8) is 0 Å². The van der Waals surface area contributed by atoms with Crippen LogP contribution in [-0.2, 0) is 0 Å². The molecule has 3 heteroatoms. The summed E-state index contributed by atoms with van der Waals surface area (Å²) in [5.41, 5.74) is 12.3. The van der Waals surface area contributed by atoms with Crippen molar-refractivity contribution < 1.29 is 0 Å². The van der Waals surface area contributed by atoms with E-state index in [-0.39, 0.29) is 0 Å². The van der Waals surface area contributed by atoms with Crippen LogP contribution in [0, 0.1) is 0 Å². The third-order valence-electron chi connectivity index (χ3n) is 5.05. The molecule has 2 N–H and O–H groups in total. The van der Waals surface area contributed by atoms with E-state index in [0.29, 0.717) is 10.7 Å². The maximum Gasteiger partial charge on any atom is 0.0641 e. The fourth-order valence-corrected chi connectivity index (χ4v) is 3.98. The van der Waals surface area contributed by atoms with E-state index in [4.69, 9.17) is 17.3 Å². The van der Waals surface area contributed by atoms with E-state index in [1.54, 1.807) is 0 Å². The maximum absolute atomic E-state index is 6.23. The third kappa shape index (κ3) is 2.49. The molecule has 0 bridgehead atoms. The zero-order chi connectivity index (χ0) is 18.4. The number of fused-ring (bicyclic) bond motifs is 3. The van der Waals surface area contributed by atoms with Crippen molar-refractivity contribution in [2.24, 2.45) is 0 Å². The summed E-state index contributed by atoms with van der Waals surface area (Å²) in [5, 5.41) is 3.08. The number of para-hydroxylation sites is 3. The van der Waals surface area contributed by atoms with Crippen LogP contribution in [0.25, 0.3) is 38.6 Å². The van der Waals surface area contributed by atoms with Gasteiger partial charge in [0.25, 0.3) is 0 Å². The maximum atomic E-state index is 6.23. The predicted molar refractivity (Wildman–Crippen MR) is 116 cm³/mol. The largest absolute Gasteiger partial charge is 0.397 e.